The summed E-state index contributed by atoms with van der Waals surface area (Å²) < 4.78 is 10.6. The van der Waals surface area contributed by atoms with Crippen molar-refractivity contribution in [1.82, 2.24) is 9.97 Å². The minimum Gasteiger partial charge on any atom is -0.493 e. The molecule has 6 nitrogen and oxygen atoms in total. The van der Waals surface area contributed by atoms with E-state index in [0.717, 1.165) is 0 Å². The van der Waals surface area contributed by atoms with E-state index in [1.807, 2.05) is 0 Å². The third kappa shape index (κ3) is 3.05. The SMILES string of the molecule is COc1cc(CO)ccc1Oc1ncc(C=O)cn1. The molecule has 0 saturated carbocycles. The maximum absolute atomic E-state index is 10.5. The second kappa shape index (κ2) is 5.92. The van der Waals surface area contributed by atoms with E-state index in [4.69, 9.17) is 14.6 Å². The van der Waals surface area contributed by atoms with E-state index in [1.54, 1.807) is 18.2 Å². The molecule has 0 amide bonds. The van der Waals surface area contributed by atoms with Gasteiger partial charge in [0.15, 0.2) is 17.8 Å². The number of aliphatic hydroxyl groups excluding tert-OH is 1. The lowest BCUT2D eigenvalue weighted by Crippen LogP contribution is -1.96. The summed E-state index contributed by atoms with van der Waals surface area (Å²) in [5, 5.41) is 9.04. The number of benzene rings is 1. The van der Waals surface area contributed by atoms with Crippen molar-refractivity contribution in [3.63, 3.8) is 0 Å². The van der Waals surface area contributed by atoms with Crippen molar-refractivity contribution in [3.8, 4) is 17.5 Å². The predicted molar refractivity (Wildman–Crippen MR) is 66.4 cm³/mol. The molecular formula is C13H12N2O4. The van der Waals surface area contributed by atoms with E-state index in [2.05, 4.69) is 9.97 Å². The molecule has 0 saturated heterocycles. The van der Waals surface area contributed by atoms with Crippen molar-refractivity contribution in [2.75, 3.05) is 7.11 Å². The van der Waals surface area contributed by atoms with Gasteiger partial charge in [-0.2, -0.15) is 0 Å². The van der Waals surface area contributed by atoms with Gasteiger partial charge in [-0.1, -0.05) is 6.07 Å². The molecule has 0 aliphatic heterocycles. The number of methoxy groups -OCH3 is 1. The number of aliphatic hydroxyl groups is 1. The van der Waals surface area contributed by atoms with E-state index in [9.17, 15) is 4.79 Å². The first kappa shape index (κ1) is 13.0. The molecule has 1 heterocycles. The summed E-state index contributed by atoms with van der Waals surface area (Å²) >= 11 is 0. The number of aldehydes is 1. The first-order chi connectivity index (χ1) is 9.26. The van der Waals surface area contributed by atoms with Crippen LogP contribution in [0.3, 0.4) is 0 Å². The second-order valence-electron chi connectivity index (χ2n) is 3.66. The molecule has 19 heavy (non-hydrogen) atoms. The predicted octanol–water partition coefficient (Wildman–Crippen LogP) is 1.58. The molecule has 1 aromatic heterocycles. The Balaban J connectivity index is 2.24. The third-order valence-corrected chi connectivity index (χ3v) is 2.40. The van der Waals surface area contributed by atoms with E-state index in [0.29, 0.717) is 28.9 Å². The Kier molecular flexibility index (Phi) is 4.04. The normalized spacial score (nSPS) is 10.0. The van der Waals surface area contributed by atoms with Crippen LogP contribution in [0.15, 0.2) is 30.6 Å². The molecule has 98 valence electrons. The number of carbonyl (C=O) groups is 1. The molecule has 0 aliphatic carbocycles. The maximum Gasteiger partial charge on any atom is 0.322 e. The lowest BCUT2D eigenvalue weighted by molar-refractivity contribution is 0.112. The van der Waals surface area contributed by atoms with Crippen LogP contribution in [0.1, 0.15) is 15.9 Å². The summed E-state index contributed by atoms with van der Waals surface area (Å²) in [5.74, 6) is 0.896. The Morgan fingerprint density at radius 2 is 2.00 bits per heavy atom. The third-order valence-electron chi connectivity index (χ3n) is 2.40. The van der Waals surface area contributed by atoms with Crippen LogP contribution in [0, 0.1) is 0 Å². The molecule has 6 heteroatoms. The highest BCUT2D eigenvalue weighted by atomic mass is 16.5. The number of rotatable bonds is 5. The number of hydrogen-bond donors (Lipinski definition) is 1. The van der Waals surface area contributed by atoms with Gasteiger partial charge in [-0.05, 0) is 17.7 Å². The van der Waals surface area contributed by atoms with Crippen molar-refractivity contribution in [1.29, 1.82) is 0 Å². The minimum atomic E-state index is -0.0822. The van der Waals surface area contributed by atoms with Crippen LogP contribution >= 0.6 is 0 Å². The van der Waals surface area contributed by atoms with Crippen LogP contribution in [0.2, 0.25) is 0 Å². The zero-order valence-corrected chi connectivity index (χ0v) is 10.2. The fourth-order valence-electron chi connectivity index (χ4n) is 1.43. The van der Waals surface area contributed by atoms with Gasteiger partial charge in [-0.3, -0.25) is 4.79 Å². The van der Waals surface area contributed by atoms with Crippen LogP contribution < -0.4 is 9.47 Å². The van der Waals surface area contributed by atoms with Crippen LogP contribution in [-0.4, -0.2) is 28.5 Å². The summed E-state index contributed by atoms with van der Waals surface area (Å²) in [5.41, 5.74) is 1.08. The van der Waals surface area contributed by atoms with Crippen LogP contribution in [0.25, 0.3) is 0 Å². The Morgan fingerprint density at radius 3 is 2.58 bits per heavy atom. The topological polar surface area (TPSA) is 81.5 Å². The number of ether oxygens (including phenoxy) is 2. The molecule has 0 atom stereocenters. The molecule has 0 unspecified atom stereocenters. The summed E-state index contributed by atoms with van der Waals surface area (Å²) in [7, 11) is 1.50. The van der Waals surface area contributed by atoms with Gasteiger partial charge in [-0.25, -0.2) is 9.97 Å². The zero-order valence-electron chi connectivity index (χ0n) is 10.2. The molecule has 2 aromatic rings. The van der Waals surface area contributed by atoms with Gasteiger partial charge in [0.05, 0.1) is 19.3 Å². The molecule has 1 N–H and O–H groups in total. The lowest BCUT2D eigenvalue weighted by atomic mass is 10.2. The van der Waals surface area contributed by atoms with Crippen molar-refractivity contribution in [2.24, 2.45) is 0 Å². The Hall–Kier alpha value is -2.47. The van der Waals surface area contributed by atoms with E-state index in [1.165, 1.54) is 19.5 Å². The Labute approximate surface area is 109 Å². The summed E-state index contributed by atoms with van der Waals surface area (Å²) in [6.45, 7) is -0.0822. The van der Waals surface area contributed by atoms with Crippen LogP contribution in [0.4, 0.5) is 0 Å². The Bertz CT molecular complexity index is 569. The lowest BCUT2D eigenvalue weighted by Gasteiger charge is -2.09. The van der Waals surface area contributed by atoms with Gasteiger partial charge in [0, 0.05) is 12.4 Å². The monoisotopic (exact) mass is 260 g/mol. The standard InChI is InChI=1S/C13H12N2O4/c1-18-12-4-9(7-16)2-3-11(12)19-13-14-5-10(8-17)6-15-13/h2-6,8,16H,7H2,1H3. The molecule has 0 spiro atoms. The molecule has 0 fully saturated rings. The zero-order chi connectivity index (χ0) is 13.7. The van der Waals surface area contributed by atoms with Crippen molar-refractivity contribution in [3.05, 3.63) is 41.7 Å². The summed E-state index contributed by atoms with van der Waals surface area (Å²) in [6, 6.07) is 5.13. The highest BCUT2D eigenvalue weighted by molar-refractivity contribution is 5.73. The van der Waals surface area contributed by atoms with Gasteiger partial charge in [0.1, 0.15) is 0 Å². The van der Waals surface area contributed by atoms with Crippen LogP contribution in [-0.2, 0) is 6.61 Å². The van der Waals surface area contributed by atoms with Crippen LogP contribution in [0.5, 0.6) is 17.5 Å². The summed E-state index contributed by atoms with van der Waals surface area (Å²) in [6.07, 6.45) is 3.38. The minimum absolute atomic E-state index is 0.0822. The average Bonchev–Trinajstić information content (AvgIpc) is 2.48. The second-order valence-corrected chi connectivity index (χ2v) is 3.66. The molecular weight excluding hydrogens is 248 g/mol. The highest BCUT2D eigenvalue weighted by Crippen LogP contribution is 2.30. The number of aromatic nitrogens is 2. The molecule has 1 aromatic carbocycles. The number of nitrogens with zero attached hydrogens (tertiary/aromatic N) is 2. The Morgan fingerprint density at radius 1 is 1.26 bits per heavy atom. The fourth-order valence-corrected chi connectivity index (χ4v) is 1.43. The first-order valence-electron chi connectivity index (χ1n) is 5.49. The number of carbonyl (C=O) groups excluding carboxylic acids is 1. The van der Waals surface area contributed by atoms with Gasteiger partial charge in [0.25, 0.3) is 0 Å². The van der Waals surface area contributed by atoms with Gasteiger partial charge in [-0.15, -0.1) is 0 Å². The fraction of sp³-hybridized carbons (Fsp3) is 0.154. The first-order valence-corrected chi connectivity index (χ1v) is 5.49. The molecule has 0 aliphatic rings. The quantitative estimate of drug-likeness (QED) is 0.822. The largest absolute Gasteiger partial charge is 0.493 e. The van der Waals surface area contributed by atoms with Crippen molar-refractivity contribution < 1.29 is 19.4 Å². The maximum atomic E-state index is 10.5. The van der Waals surface area contributed by atoms with Gasteiger partial charge < -0.3 is 14.6 Å². The highest BCUT2D eigenvalue weighted by Gasteiger charge is 2.08. The van der Waals surface area contributed by atoms with E-state index < -0.39 is 0 Å². The average molecular weight is 260 g/mol. The smallest absolute Gasteiger partial charge is 0.322 e. The van der Waals surface area contributed by atoms with Crippen molar-refractivity contribution in [2.45, 2.75) is 6.61 Å². The van der Waals surface area contributed by atoms with E-state index in [-0.39, 0.29) is 12.6 Å². The van der Waals surface area contributed by atoms with Gasteiger partial charge >= 0.3 is 6.01 Å². The number of hydrogen-bond acceptors (Lipinski definition) is 6. The van der Waals surface area contributed by atoms with Crippen molar-refractivity contribution >= 4 is 6.29 Å². The summed E-state index contributed by atoms with van der Waals surface area (Å²) in [4.78, 5) is 18.3. The van der Waals surface area contributed by atoms with Gasteiger partial charge in [0.2, 0.25) is 0 Å². The van der Waals surface area contributed by atoms with E-state index >= 15 is 0 Å². The molecule has 0 radical (unpaired) electrons. The molecule has 0 bridgehead atoms. The molecule has 2 rings (SSSR count).